The second kappa shape index (κ2) is 5.54. The average Bonchev–Trinajstić information content (AvgIpc) is 2.14. The molecule has 0 saturated carbocycles. The third kappa shape index (κ3) is 4.09. The van der Waals surface area contributed by atoms with Gasteiger partial charge in [-0.2, -0.15) is 0 Å². The number of nitrogens with zero attached hydrogens (tertiary/aromatic N) is 1. The summed E-state index contributed by atoms with van der Waals surface area (Å²) in [4.78, 5) is 0. The smallest absolute Gasteiger partial charge is 0.144 e. The van der Waals surface area contributed by atoms with Crippen LogP contribution in [-0.2, 0) is 11.4 Å². The molecule has 2 nitrogen and oxygen atoms in total. The van der Waals surface area contributed by atoms with Crippen molar-refractivity contribution in [1.82, 2.24) is 0 Å². The van der Waals surface area contributed by atoms with Gasteiger partial charge in [0.1, 0.15) is 16.1 Å². The van der Waals surface area contributed by atoms with E-state index in [1.807, 2.05) is 32.9 Å². The predicted molar refractivity (Wildman–Crippen MR) is 74.6 cm³/mol. The number of halogens is 2. The molecule has 0 aliphatic carbocycles. The van der Waals surface area contributed by atoms with Crippen molar-refractivity contribution in [3.05, 3.63) is 33.3 Å². The van der Waals surface area contributed by atoms with E-state index in [1.165, 1.54) is 0 Å². The minimum Gasteiger partial charge on any atom is -0.591 e. The quantitative estimate of drug-likeness (QED) is 0.599. The van der Waals surface area contributed by atoms with Gasteiger partial charge in [0.2, 0.25) is 0 Å². The van der Waals surface area contributed by atoms with Crippen LogP contribution in [0.1, 0.15) is 26.3 Å². The van der Waals surface area contributed by atoms with Crippen LogP contribution in [0.25, 0.3) is 0 Å². The Hall–Kier alpha value is -0.0300. The van der Waals surface area contributed by atoms with Crippen LogP contribution in [0.15, 0.2) is 27.1 Å². The molecule has 1 rings (SSSR count). The standard InChI is InChI=1S/C11H13BrClNOS/c1-11(2,3)16(15)14-7-8-4-5-9(12)6-10(8)13/h4-7H,1-3H3/b14-7+. The number of hydrogen-bond donors (Lipinski definition) is 0. The topological polar surface area (TPSA) is 35.4 Å². The number of hydrogen-bond acceptors (Lipinski definition) is 2. The first-order valence-electron chi connectivity index (χ1n) is 4.72. The Bertz CT molecular complexity index is 403. The van der Waals surface area contributed by atoms with Crippen molar-refractivity contribution in [2.75, 3.05) is 0 Å². The van der Waals surface area contributed by atoms with E-state index in [9.17, 15) is 4.55 Å². The Morgan fingerprint density at radius 2 is 2.06 bits per heavy atom. The van der Waals surface area contributed by atoms with Gasteiger partial charge >= 0.3 is 0 Å². The molecule has 1 aromatic carbocycles. The molecule has 5 heteroatoms. The lowest BCUT2D eigenvalue weighted by Gasteiger charge is -2.17. The summed E-state index contributed by atoms with van der Waals surface area (Å²) >= 11 is 8.07. The molecule has 0 radical (unpaired) electrons. The van der Waals surface area contributed by atoms with Crippen LogP contribution in [0.2, 0.25) is 5.02 Å². The van der Waals surface area contributed by atoms with E-state index in [-0.39, 0.29) is 4.75 Å². The van der Waals surface area contributed by atoms with Gasteiger partial charge in [-0.1, -0.05) is 38.0 Å². The van der Waals surface area contributed by atoms with E-state index >= 15 is 0 Å². The summed E-state index contributed by atoms with van der Waals surface area (Å²) in [6, 6.07) is 5.48. The normalized spacial score (nSPS) is 14.4. The van der Waals surface area contributed by atoms with Crippen LogP contribution in [0, 0.1) is 0 Å². The zero-order valence-corrected chi connectivity index (χ0v) is 12.5. The first-order chi connectivity index (χ1) is 7.30. The van der Waals surface area contributed by atoms with Crippen LogP contribution in [-0.4, -0.2) is 15.5 Å². The van der Waals surface area contributed by atoms with E-state index < -0.39 is 11.4 Å². The minimum atomic E-state index is -1.25. The zero-order valence-electron chi connectivity index (χ0n) is 9.33. The fraction of sp³-hybridized carbons (Fsp3) is 0.364. The van der Waals surface area contributed by atoms with Gasteiger partial charge in [0.05, 0.1) is 11.2 Å². The zero-order chi connectivity index (χ0) is 12.3. The van der Waals surface area contributed by atoms with Gasteiger partial charge in [0.15, 0.2) is 0 Å². The molecule has 1 unspecified atom stereocenters. The van der Waals surface area contributed by atoms with Crippen molar-refractivity contribution in [3.63, 3.8) is 0 Å². The van der Waals surface area contributed by atoms with Crippen molar-refractivity contribution >= 4 is 45.1 Å². The van der Waals surface area contributed by atoms with E-state index in [0.717, 1.165) is 10.0 Å². The van der Waals surface area contributed by atoms with Gasteiger partial charge in [-0.3, -0.25) is 0 Å². The molecule has 0 aliphatic heterocycles. The fourth-order valence-corrected chi connectivity index (χ4v) is 2.12. The summed E-state index contributed by atoms with van der Waals surface area (Å²) in [6.07, 6.45) is 1.55. The highest BCUT2D eigenvalue weighted by molar-refractivity contribution is 9.10. The Kier molecular flexibility index (Phi) is 4.86. The van der Waals surface area contributed by atoms with Gasteiger partial charge in [-0.25, -0.2) is 0 Å². The predicted octanol–water partition coefficient (Wildman–Crippen LogP) is 3.98. The first kappa shape index (κ1) is 14.0. The van der Waals surface area contributed by atoms with Crippen molar-refractivity contribution in [1.29, 1.82) is 0 Å². The molecule has 88 valence electrons. The van der Waals surface area contributed by atoms with Crippen molar-refractivity contribution in [3.8, 4) is 0 Å². The average molecular weight is 323 g/mol. The SMILES string of the molecule is CC(C)(C)[S+]([O-])/N=C/c1ccc(Br)cc1Cl. The number of rotatable bonds is 2. The lowest BCUT2D eigenvalue weighted by atomic mass is 10.2. The second-order valence-electron chi connectivity index (χ2n) is 4.26. The van der Waals surface area contributed by atoms with Crippen molar-refractivity contribution in [2.24, 2.45) is 4.40 Å². The van der Waals surface area contributed by atoms with Gasteiger partial charge in [0.25, 0.3) is 0 Å². The third-order valence-corrected chi connectivity index (χ3v) is 3.94. The van der Waals surface area contributed by atoms with Gasteiger partial charge in [-0.15, -0.1) is 0 Å². The summed E-state index contributed by atoms with van der Waals surface area (Å²) in [6.45, 7) is 5.64. The highest BCUT2D eigenvalue weighted by Crippen LogP contribution is 2.21. The molecule has 0 bridgehead atoms. The van der Waals surface area contributed by atoms with E-state index in [4.69, 9.17) is 11.6 Å². The van der Waals surface area contributed by atoms with Gasteiger partial charge in [-0.05, 0) is 32.9 Å². The molecule has 0 amide bonds. The van der Waals surface area contributed by atoms with Crippen molar-refractivity contribution in [2.45, 2.75) is 25.5 Å². The third-order valence-electron chi connectivity index (χ3n) is 1.77. The minimum absolute atomic E-state index is 0.349. The van der Waals surface area contributed by atoms with Crippen LogP contribution in [0.4, 0.5) is 0 Å². The highest BCUT2D eigenvalue weighted by atomic mass is 79.9. The fourth-order valence-electron chi connectivity index (χ4n) is 0.869. The first-order valence-corrected chi connectivity index (χ1v) is 6.99. The largest absolute Gasteiger partial charge is 0.591 e. The Balaban J connectivity index is 2.85. The Morgan fingerprint density at radius 3 is 2.56 bits per heavy atom. The molecule has 1 aromatic rings. The molecule has 1 atom stereocenters. The summed E-state index contributed by atoms with van der Waals surface area (Å²) in [7, 11) is 0. The molecule has 0 saturated heterocycles. The van der Waals surface area contributed by atoms with E-state index in [1.54, 1.807) is 12.3 Å². The molecule has 0 aliphatic rings. The maximum absolute atomic E-state index is 11.7. The van der Waals surface area contributed by atoms with Crippen LogP contribution in [0.5, 0.6) is 0 Å². The van der Waals surface area contributed by atoms with Crippen LogP contribution in [0.3, 0.4) is 0 Å². The summed E-state index contributed by atoms with van der Waals surface area (Å²) < 4.78 is 16.2. The maximum atomic E-state index is 11.7. The summed E-state index contributed by atoms with van der Waals surface area (Å²) in [5, 5.41) is 0.587. The molecular weight excluding hydrogens is 310 g/mol. The molecule has 16 heavy (non-hydrogen) atoms. The maximum Gasteiger partial charge on any atom is 0.144 e. The lowest BCUT2D eigenvalue weighted by molar-refractivity contribution is 0.562. The molecular formula is C11H13BrClNOS. The molecule has 0 spiro atoms. The van der Waals surface area contributed by atoms with E-state index in [2.05, 4.69) is 20.3 Å². The summed E-state index contributed by atoms with van der Waals surface area (Å²) in [5.41, 5.74) is 0.766. The molecule has 0 heterocycles. The monoisotopic (exact) mass is 321 g/mol. The molecule has 0 aromatic heterocycles. The Labute approximate surface area is 113 Å². The highest BCUT2D eigenvalue weighted by Gasteiger charge is 2.25. The van der Waals surface area contributed by atoms with Crippen LogP contribution < -0.4 is 0 Å². The van der Waals surface area contributed by atoms with Crippen LogP contribution >= 0.6 is 27.5 Å². The molecule has 0 fully saturated rings. The van der Waals surface area contributed by atoms with E-state index in [0.29, 0.717) is 5.02 Å². The van der Waals surface area contributed by atoms with Gasteiger partial charge in [0, 0.05) is 10.0 Å². The van der Waals surface area contributed by atoms with Gasteiger partial charge < -0.3 is 4.55 Å². The second-order valence-corrected chi connectivity index (χ2v) is 7.52. The Morgan fingerprint density at radius 1 is 1.44 bits per heavy atom. The summed E-state index contributed by atoms with van der Waals surface area (Å²) in [5.74, 6) is 0. The number of benzene rings is 1. The van der Waals surface area contributed by atoms with Crippen molar-refractivity contribution < 1.29 is 4.55 Å². The lowest BCUT2D eigenvalue weighted by Crippen LogP contribution is -2.25. The molecule has 0 N–H and O–H groups in total.